The van der Waals surface area contributed by atoms with E-state index in [4.69, 9.17) is 4.74 Å². The van der Waals surface area contributed by atoms with E-state index in [0.29, 0.717) is 17.8 Å². The predicted molar refractivity (Wildman–Crippen MR) is 140 cm³/mol. The molecule has 1 amide bonds. The number of benzene rings is 1. The van der Waals surface area contributed by atoms with Crippen molar-refractivity contribution in [3.63, 3.8) is 0 Å². The molecule has 9 nitrogen and oxygen atoms in total. The van der Waals surface area contributed by atoms with Crippen LogP contribution in [0.15, 0.2) is 36.8 Å². The third-order valence-corrected chi connectivity index (χ3v) is 7.50. The van der Waals surface area contributed by atoms with Gasteiger partial charge in [0.05, 0.1) is 23.2 Å². The van der Waals surface area contributed by atoms with Gasteiger partial charge >= 0.3 is 0 Å². The molecule has 0 aliphatic carbocycles. The van der Waals surface area contributed by atoms with E-state index in [1.165, 1.54) is 0 Å². The zero-order valence-electron chi connectivity index (χ0n) is 21.6. The topological polar surface area (TPSA) is 95.2 Å². The molecule has 9 heteroatoms. The van der Waals surface area contributed by atoms with Gasteiger partial charge in [0.25, 0.3) is 5.91 Å². The first-order chi connectivity index (χ1) is 17.2. The Bertz CT molecular complexity index is 1260. The fourth-order valence-corrected chi connectivity index (χ4v) is 5.21. The summed E-state index contributed by atoms with van der Waals surface area (Å²) in [6, 6.07) is 5.90. The van der Waals surface area contributed by atoms with Gasteiger partial charge < -0.3 is 20.1 Å². The SMILES string of the molecule is CCC(O)(CC)CN1CCN(c2cc3c(cc2NC(=O)c2cnn4cccnc24)CC(C)(C)O3)CC1. The molecule has 192 valence electrons. The second kappa shape index (κ2) is 9.37. The fourth-order valence-electron chi connectivity index (χ4n) is 5.21. The zero-order valence-corrected chi connectivity index (χ0v) is 21.6. The Morgan fingerprint density at radius 3 is 2.67 bits per heavy atom. The lowest BCUT2D eigenvalue weighted by Gasteiger charge is -2.40. The minimum Gasteiger partial charge on any atom is -0.487 e. The van der Waals surface area contributed by atoms with E-state index in [2.05, 4.69) is 51.2 Å². The van der Waals surface area contributed by atoms with Crippen molar-refractivity contribution < 1.29 is 14.6 Å². The monoisotopic (exact) mass is 492 g/mol. The summed E-state index contributed by atoms with van der Waals surface area (Å²) in [6.07, 6.45) is 7.26. The Morgan fingerprint density at radius 1 is 1.19 bits per heavy atom. The number of nitrogens with zero attached hydrogens (tertiary/aromatic N) is 5. The van der Waals surface area contributed by atoms with Crippen molar-refractivity contribution in [2.24, 2.45) is 0 Å². The molecule has 2 N–H and O–H groups in total. The molecule has 3 aromatic rings. The van der Waals surface area contributed by atoms with Crippen molar-refractivity contribution in [2.45, 2.75) is 58.2 Å². The number of nitrogens with one attached hydrogen (secondary N) is 1. The maximum atomic E-state index is 13.3. The number of aliphatic hydroxyl groups is 1. The largest absolute Gasteiger partial charge is 0.487 e. The number of hydrogen-bond acceptors (Lipinski definition) is 7. The van der Waals surface area contributed by atoms with E-state index < -0.39 is 5.60 Å². The molecule has 2 aliphatic heterocycles. The molecule has 0 unspecified atom stereocenters. The van der Waals surface area contributed by atoms with Crippen molar-refractivity contribution in [3.8, 4) is 5.75 Å². The lowest BCUT2D eigenvalue weighted by Crippen LogP contribution is -2.51. The van der Waals surface area contributed by atoms with Crippen LogP contribution < -0.4 is 15.0 Å². The first-order valence-electron chi connectivity index (χ1n) is 12.9. The molecule has 2 aromatic heterocycles. The second-order valence-electron chi connectivity index (χ2n) is 10.6. The van der Waals surface area contributed by atoms with Crippen LogP contribution in [0.4, 0.5) is 11.4 Å². The molecule has 1 saturated heterocycles. The maximum Gasteiger partial charge on any atom is 0.261 e. The molecule has 0 radical (unpaired) electrons. The number of rotatable bonds is 7. The highest BCUT2D eigenvalue weighted by Gasteiger charge is 2.33. The number of amides is 1. The molecule has 1 aromatic carbocycles. The van der Waals surface area contributed by atoms with Gasteiger partial charge in [0, 0.05) is 63.2 Å². The minimum absolute atomic E-state index is 0.238. The normalized spacial score (nSPS) is 17.8. The number of carbonyl (C=O) groups excluding carboxylic acids is 1. The van der Waals surface area contributed by atoms with Crippen molar-refractivity contribution >= 4 is 22.9 Å². The number of piperazine rings is 1. The average Bonchev–Trinajstić information content (AvgIpc) is 3.43. The quantitative estimate of drug-likeness (QED) is 0.522. The van der Waals surface area contributed by atoms with Crippen LogP contribution in [0.3, 0.4) is 0 Å². The number of ether oxygens (including phenoxy) is 1. The molecule has 36 heavy (non-hydrogen) atoms. The third-order valence-electron chi connectivity index (χ3n) is 7.50. The molecule has 1 fully saturated rings. The summed E-state index contributed by atoms with van der Waals surface area (Å²) in [7, 11) is 0. The van der Waals surface area contributed by atoms with Gasteiger partial charge in [-0.15, -0.1) is 0 Å². The second-order valence-corrected chi connectivity index (χ2v) is 10.6. The van der Waals surface area contributed by atoms with Crippen LogP contribution in [0.2, 0.25) is 0 Å². The van der Waals surface area contributed by atoms with Crippen molar-refractivity contribution in [3.05, 3.63) is 47.9 Å². The number of aromatic nitrogens is 3. The molecule has 5 rings (SSSR count). The van der Waals surface area contributed by atoms with Gasteiger partial charge in [-0.3, -0.25) is 9.69 Å². The molecule has 4 heterocycles. The number of β-amino-alcohol motifs (C(OH)–C–C–N with tert-alkyl or cyclic N) is 1. The molecule has 0 atom stereocenters. The third kappa shape index (κ3) is 4.77. The van der Waals surface area contributed by atoms with Gasteiger partial charge in [-0.05, 0) is 38.8 Å². The highest BCUT2D eigenvalue weighted by molar-refractivity contribution is 6.09. The summed E-state index contributed by atoms with van der Waals surface area (Å²) < 4.78 is 7.82. The molecule has 0 spiro atoms. The van der Waals surface area contributed by atoms with E-state index >= 15 is 0 Å². The van der Waals surface area contributed by atoms with Gasteiger partial charge in [0.15, 0.2) is 5.65 Å². The summed E-state index contributed by atoms with van der Waals surface area (Å²) >= 11 is 0. The number of hydrogen-bond donors (Lipinski definition) is 2. The highest BCUT2D eigenvalue weighted by atomic mass is 16.5. The highest BCUT2D eigenvalue weighted by Crippen LogP contribution is 2.42. The molecule has 2 aliphatic rings. The van der Waals surface area contributed by atoms with Gasteiger partial charge in [-0.2, -0.15) is 5.10 Å². The van der Waals surface area contributed by atoms with Crippen LogP contribution in [0.1, 0.15) is 56.5 Å². The van der Waals surface area contributed by atoms with Crippen LogP contribution in [0, 0.1) is 0 Å². The van der Waals surface area contributed by atoms with Gasteiger partial charge in [-0.1, -0.05) is 13.8 Å². The fraction of sp³-hybridized carbons (Fsp3) is 0.519. The Labute approximate surface area is 212 Å². The molecular formula is C27H36N6O3. The van der Waals surface area contributed by atoms with Crippen LogP contribution >= 0.6 is 0 Å². The van der Waals surface area contributed by atoms with Gasteiger partial charge in [0.2, 0.25) is 0 Å². The molecular weight excluding hydrogens is 456 g/mol. The van der Waals surface area contributed by atoms with Gasteiger partial charge in [0.1, 0.15) is 16.9 Å². The number of anilines is 2. The van der Waals surface area contributed by atoms with Crippen LogP contribution in [-0.2, 0) is 6.42 Å². The van der Waals surface area contributed by atoms with E-state index in [1.54, 1.807) is 29.2 Å². The summed E-state index contributed by atoms with van der Waals surface area (Å²) in [5, 5.41) is 18.2. The number of fused-ring (bicyclic) bond motifs is 2. The Hall–Kier alpha value is -3.17. The van der Waals surface area contributed by atoms with Crippen molar-refractivity contribution in [1.82, 2.24) is 19.5 Å². The maximum absolute atomic E-state index is 13.3. The first-order valence-corrected chi connectivity index (χ1v) is 12.9. The van der Waals surface area contributed by atoms with Crippen molar-refractivity contribution in [1.29, 1.82) is 0 Å². The Balaban J connectivity index is 1.40. The van der Waals surface area contributed by atoms with Gasteiger partial charge in [-0.25, -0.2) is 9.50 Å². The van der Waals surface area contributed by atoms with E-state index in [-0.39, 0.29) is 11.5 Å². The predicted octanol–water partition coefficient (Wildman–Crippen LogP) is 3.37. The lowest BCUT2D eigenvalue weighted by molar-refractivity contribution is -0.00455. The number of carbonyl (C=O) groups is 1. The van der Waals surface area contributed by atoms with E-state index in [9.17, 15) is 9.90 Å². The van der Waals surface area contributed by atoms with Crippen LogP contribution in [0.5, 0.6) is 5.75 Å². The Morgan fingerprint density at radius 2 is 1.94 bits per heavy atom. The van der Waals surface area contributed by atoms with Crippen molar-refractivity contribution in [2.75, 3.05) is 42.9 Å². The van der Waals surface area contributed by atoms with Crippen LogP contribution in [0.25, 0.3) is 5.65 Å². The smallest absolute Gasteiger partial charge is 0.261 e. The molecule has 0 bridgehead atoms. The Kier molecular flexibility index (Phi) is 6.38. The van der Waals surface area contributed by atoms with E-state index in [0.717, 1.165) is 68.1 Å². The lowest BCUT2D eigenvalue weighted by atomic mass is 9.96. The minimum atomic E-state index is -0.642. The standard InChI is InChI=1S/C27H36N6O3/c1-5-27(35,6-2)18-31-10-12-32(13-11-31)22-15-23-19(16-26(3,4)36-23)14-21(22)30-25(34)20-17-29-33-9-7-8-28-24(20)33/h7-9,14-15,17,35H,5-6,10-13,16,18H2,1-4H3,(H,30,34). The summed E-state index contributed by atoms with van der Waals surface area (Å²) in [4.78, 5) is 22.3. The van der Waals surface area contributed by atoms with E-state index in [1.807, 2.05) is 13.8 Å². The summed E-state index contributed by atoms with van der Waals surface area (Å²) in [6.45, 7) is 12.2. The average molecular weight is 493 g/mol. The molecule has 0 saturated carbocycles. The zero-order chi connectivity index (χ0) is 25.5. The van der Waals surface area contributed by atoms with Crippen LogP contribution in [-0.4, -0.2) is 74.4 Å². The summed E-state index contributed by atoms with van der Waals surface area (Å²) in [5.74, 6) is 0.636. The summed E-state index contributed by atoms with van der Waals surface area (Å²) in [5.41, 5.74) is 2.84. The first kappa shape index (κ1) is 24.5.